The first-order chi connectivity index (χ1) is 18.8. The monoisotopic (exact) mass is 570 g/mol. The zero-order chi connectivity index (χ0) is 30.1. The number of fused-ring (bicyclic) bond motifs is 2. The Morgan fingerprint density at radius 2 is 1.60 bits per heavy atom. The Morgan fingerprint density at radius 1 is 0.950 bits per heavy atom. The number of primary amides is 1. The minimum atomic E-state index is -1.02. The van der Waals surface area contributed by atoms with E-state index in [0.717, 1.165) is 0 Å². The van der Waals surface area contributed by atoms with Crippen LogP contribution in [0.25, 0.3) is 0 Å². The van der Waals surface area contributed by atoms with Crippen molar-refractivity contribution in [3.8, 4) is 17.2 Å². The summed E-state index contributed by atoms with van der Waals surface area (Å²) in [6, 6.07) is 1.33. The molecule has 9 atom stereocenters. The molecule has 40 heavy (non-hydrogen) atoms. The third-order valence-electron chi connectivity index (χ3n) is 8.20. The summed E-state index contributed by atoms with van der Waals surface area (Å²) in [6.45, 7) is 7.70. The summed E-state index contributed by atoms with van der Waals surface area (Å²) in [5, 5.41) is 46.8. The number of nitrogens with one attached hydrogen (secondary N) is 1. The van der Waals surface area contributed by atoms with E-state index in [1.807, 2.05) is 27.7 Å². The maximum Gasteiger partial charge on any atom is 0.404 e. The normalized spacial score (nSPS) is 33.1. The summed E-state index contributed by atoms with van der Waals surface area (Å²) >= 11 is 0. The van der Waals surface area contributed by atoms with Crippen LogP contribution < -0.4 is 15.8 Å². The van der Waals surface area contributed by atoms with Crippen molar-refractivity contribution in [1.29, 1.82) is 0 Å². The number of aliphatic hydroxyl groups is 2. The van der Waals surface area contributed by atoms with Gasteiger partial charge in [-0.25, -0.2) is 4.79 Å². The number of ether oxygens (including phenoxy) is 4. The highest BCUT2D eigenvalue weighted by Crippen LogP contribution is 2.44. The van der Waals surface area contributed by atoms with Crippen molar-refractivity contribution < 1.29 is 44.2 Å². The van der Waals surface area contributed by atoms with Gasteiger partial charge in [-0.15, -0.1) is 0 Å². The Hall–Kier alpha value is -2.47. The SMILES string of the molecule is COc1c(O)cc2c(O)c1C[C@@H](C)C[C@H](OC)[C@H](O)[C@@H](C)C[C@@H](C)[C@H](OC(N)=O)[C@@H](OC)CCC[C@H](C)[C@H](O)N2. The standard InChI is InChI=1S/C29H50N2O9/c1-15-11-19-25(34)20(14-21(32)27(19)39-7)31-28(35)16(2)9-8-10-22(37-5)26(40-29(30)36)18(4)13-17(3)24(33)23(12-15)38-6/h14-18,22-24,26,28,31-35H,8-13H2,1-7H3,(H2,30,36)/t15-,16+,17+,18-,22+,23+,24-,26+,28+/m1/s1. The van der Waals surface area contributed by atoms with Crippen LogP contribution in [-0.2, 0) is 20.6 Å². The largest absolute Gasteiger partial charge is 0.505 e. The van der Waals surface area contributed by atoms with Gasteiger partial charge in [-0.05, 0) is 49.9 Å². The maximum atomic E-state index is 11.8. The quantitative estimate of drug-likeness (QED) is 0.231. The predicted octanol–water partition coefficient (Wildman–Crippen LogP) is 3.74. The van der Waals surface area contributed by atoms with Crippen molar-refractivity contribution >= 4 is 11.8 Å². The highest BCUT2D eigenvalue weighted by Gasteiger charge is 2.35. The molecule has 1 aromatic carbocycles. The fraction of sp³-hybridized carbons (Fsp3) is 0.759. The van der Waals surface area contributed by atoms with Crippen LogP contribution in [0.1, 0.15) is 65.4 Å². The van der Waals surface area contributed by atoms with Crippen LogP contribution in [-0.4, -0.2) is 78.5 Å². The Bertz CT molecular complexity index is 947. The minimum Gasteiger partial charge on any atom is -0.505 e. The van der Waals surface area contributed by atoms with Crippen molar-refractivity contribution in [2.24, 2.45) is 29.4 Å². The molecule has 0 aromatic heterocycles. The molecule has 0 aliphatic carbocycles. The molecule has 0 saturated carbocycles. The summed E-state index contributed by atoms with van der Waals surface area (Å²) < 4.78 is 22.3. The molecular formula is C29H50N2O9. The number of carbonyl (C=O) groups excluding carboxylic acids is 1. The predicted molar refractivity (Wildman–Crippen MR) is 151 cm³/mol. The second-order valence-corrected chi connectivity index (χ2v) is 11.5. The first kappa shape index (κ1) is 33.7. The molecule has 1 amide bonds. The Kier molecular flexibility index (Phi) is 13.1. The number of hydrogen-bond donors (Lipinski definition) is 6. The highest BCUT2D eigenvalue weighted by molar-refractivity contribution is 5.69. The van der Waals surface area contributed by atoms with E-state index in [-0.39, 0.29) is 46.6 Å². The molecule has 0 radical (unpaired) electrons. The summed E-state index contributed by atoms with van der Waals surface area (Å²) in [5.41, 5.74) is 5.99. The number of aromatic hydroxyl groups is 2. The fourth-order valence-electron chi connectivity index (χ4n) is 5.86. The molecule has 1 aliphatic heterocycles. The molecule has 11 heteroatoms. The van der Waals surface area contributed by atoms with Crippen LogP contribution in [0.4, 0.5) is 10.5 Å². The van der Waals surface area contributed by atoms with Gasteiger partial charge in [-0.3, -0.25) is 0 Å². The zero-order valence-electron chi connectivity index (χ0n) is 24.9. The summed E-state index contributed by atoms with van der Waals surface area (Å²) in [5.74, 6) is -0.816. The van der Waals surface area contributed by atoms with E-state index in [9.17, 15) is 25.2 Å². The summed E-state index contributed by atoms with van der Waals surface area (Å²) in [7, 11) is 4.52. The molecule has 0 spiro atoms. The Balaban J connectivity index is 2.47. The summed E-state index contributed by atoms with van der Waals surface area (Å²) in [6.07, 6.45) is -1.19. The second-order valence-electron chi connectivity index (χ2n) is 11.5. The van der Waals surface area contributed by atoms with E-state index in [4.69, 9.17) is 24.7 Å². The van der Waals surface area contributed by atoms with Crippen LogP contribution in [0, 0.1) is 23.7 Å². The lowest BCUT2D eigenvalue weighted by atomic mass is 9.82. The molecule has 2 rings (SSSR count). The molecular weight excluding hydrogens is 520 g/mol. The van der Waals surface area contributed by atoms with Gasteiger partial charge >= 0.3 is 6.09 Å². The number of carbonyl (C=O) groups is 1. The lowest BCUT2D eigenvalue weighted by molar-refractivity contribution is -0.0729. The molecule has 1 aromatic rings. The third kappa shape index (κ3) is 8.76. The van der Waals surface area contributed by atoms with Crippen molar-refractivity contribution in [3.05, 3.63) is 11.6 Å². The average Bonchev–Trinajstić information content (AvgIpc) is 2.90. The van der Waals surface area contributed by atoms with E-state index >= 15 is 0 Å². The van der Waals surface area contributed by atoms with Crippen molar-refractivity contribution in [1.82, 2.24) is 0 Å². The van der Waals surface area contributed by atoms with Crippen molar-refractivity contribution in [2.45, 2.75) is 96.9 Å². The van der Waals surface area contributed by atoms with Crippen molar-refractivity contribution in [3.63, 3.8) is 0 Å². The lowest BCUT2D eigenvalue weighted by Gasteiger charge is -2.34. The van der Waals surface area contributed by atoms with Crippen LogP contribution >= 0.6 is 0 Å². The lowest BCUT2D eigenvalue weighted by Crippen LogP contribution is -2.42. The van der Waals surface area contributed by atoms with Gasteiger partial charge in [0, 0.05) is 31.8 Å². The number of phenolic OH excluding ortho intramolecular Hbond substituents is 2. The zero-order valence-corrected chi connectivity index (χ0v) is 24.9. The number of aliphatic hydroxyl groups excluding tert-OH is 2. The number of anilines is 1. The van der Waals surface area contributed by atoms with Gasteiger partial charge in [0.15, 0.2) is 11.5 Å². The van der Waals surface area contributed by atoms with Gasteiger partial charge in [0.2, 0.25) is 0 Å². The molecule has 2 bridgehead atoms. The molecule has 1 heterocycles. The first-order valence-electron chi connectivity index (χ1n) is 14.1. The molecule has 230 valence electrons. The Morgan fingerprint density at radius 3 is 2.17 bits per heavy atom. The van der Waals surface area contributed by atoms with Crippen LogP contribution in [0.2, 0.25) is 0 Å². The van der Waals surface area contributed by atoms with Gasteiger partial charge in [0.05, 0.1) is 31.1 Å². The number of nitrogens with two attached hydrogens (primary N) is 1. The van der Waals surface area contributed by atoms with E-state index in [1.54, 1.807) is 14.2 Å². The third-order valence-corrected chi connectivity index (χ3v) is 8.20. The molecule has 0 saturated heterocycles. The van der Waals surface area contributed by atoms with Crippen molar-refractivity contribution in [2.75, 3.05) is 26.6 Å². The van der Waals surface area contributed by atoms with Crippen LogP contribution in [0.5, 0.6) is 17.2 Å². The first-order valence-corrected chi connectivity index (χ1v) is 14.1. The number of methoxy groups -OCH3 is 3. The number of rotatable bonds is 4. The van der Waals surface area contributed by atoms with E-state index < -0.39 is 36.7 Å². The number of benzene rings is 1. The smallest absolute Gasteiger partial charge is 0.404 e. The molecule has 11 nitrogen and oxygen atoms in total. The average molecular weight is 571 g/mol. The van der Waals surface area contributed by atoms with Gasteiger partial charge in [0.1, 0.15) is 18.1 Å². The van der Waals surface area contributed by atoms with Gasteiger partial charge in [-0.2, -0.15) is 0 Å². The van der Waals surface area contributed by atoms with Gasteiger partial charge in [0.25, 0.3) is 0 Å². The topological polar surface area (TPSA) is 173 Å². The molecule has 0 unspecified atom stereocenters. The van der Waals surface area contributed by atoms with E-state index in [2.05, 4.69) is 5.32 Å². The van der Waals surface area contributed by atoms with Crippen LogP contribution in [0.3, 0.4) is 0 Å². The molecule has 1 aliphatic rings. The van der Waals surface area contributed by atoms with Gasteiger partial charge in [-0.1, -0.05) is 34.1 Å². The second kappa shape index (κ2) is 15.5. The number of amides is 1. The van der Waals surface area contributed by atoms with E-state index in [1.165, 1.54) is 13.2 Å². The number of hydrogen-bond acceptors (Lipinski definition) is 10. The fourth-order valence-corrected chi connectivity index (χ4v) is 5.86. The van der Waals surface area contributed by atoms with Crippen LogP contribution in [0.15, 0.2) is 6.07 Å². The van der Waals surface area contributed by atoms with E-state index in [0.29, 0.717) is 44.1 Å². The number of phenols is 2. The highest BCUT2D eigenvalue weighted by atomic mass is 16.6. The Labute approximate surface area is 238 Å². The maximum absolute atomic E-state index is 11.8. The molecule has 0 fully saturated rings. The molecule has 7 N–H and O–H groups in total. The van der Waals surface area contributed by atoms with Gasteiger partial charge < -0.3 is 50.4 Å². The summed E-state index contributed by atoms with van der Waals surface area (Å²) in [4.78, 5) is 11.8. The minimum absolute atomic E-state index is 0.0894.